The van der Waals surface area contributed by atoms with E-state index in [1.54, 1.807) is 24.9 Å². The molecular formula is C22H30Cl2SiZr. The molecule has 0 radical (unpaired) electrons. The van der Waals surface area contributed by atoms with E-state index in [0.717, 1.165) is 23.7 Å². The Balaban J connectivity index is 0.000000980. The van der Waals surface area contributed by atoms with E-state index in [1.165, 1.54) is 18.3 Å². The molecule has 3 fully saturated rings. The summed E-state index contributed by atoms with van der Waals surface area (Å²) in [6, 6.07) is 3.12. The number of rotatable bonds is 2. The van der Waals surface area contributed by atoms with E-state index in [9.17, 15) is 0 Å². The quantitative estimate of drug-likeness (QED) is 0.499. The zero-order chi connectivity index (χ0) is 16.3. The first-order valence-electron chi connectivity index (χ1n) is 10.2. The van der Waals surface area contributed by atoms with Crippen LogP contribution in [0, 0.1) is 23.7 Å². The fourth-order valence-corrected chi connectivity index (χ4v) is 25.7. The van der Waals surface area contributed by atoms with Gasteiger partial charge in [0.05, 0.1) is 0 Å². The third-order valence-corrected chi connectivity index (χ3v) is 22.7. The maximum atomic E-state index is 2.63. The second-order valence-corrected chi connectivity index (χ2v) is 18.3. The summed E-state index contributed by atoms with van der Waals surface area (Å²) in [4.78, 5) is 0. The van der Waals surface area contributed by atoms with E-state index in [1.807, 2.05) is 0 Å². The third kappa shape index (κ3) is 2.92. The summed E-state index contributed by atoms with van der Waals surface area (Å²) in [5.74, 6) is 3.71. The molecule has 0 N–H and O–H groups in total. The van der Waals surface area contributed by atoms with Crippen molar-refractivity contribution in [1.29, 1.82) is 0 Å². The molecule has 1 saturated heterocycles. The number of hydrogen-bond donors (Lipinski definition) is 0. The van der Waals surface area contributed by atoms with Gasteiger partial charge >= 0.3 is 161 Å². The van der Waals surface area contributed by atoms with Crippen LogP contribution in [0.2, 0.25) is 30.4 Å². The Morgan fingerprint density at radius 2 is 1.15 bits per heavy atom. The van der Waals surface area contributed by atoms with E-state index < -0.39 is 8.07 Å². The van der Waals surface area contributed by atoms with Crippen molar-refractivity contribution in [2.75, 3.05) is 0 Å². The van der Waals surface area contributed by atoms with Gasteiger partial charge in [-0.15, -0.1) is 0 Å². The Bertz CT molecular complexity index is 586. The van der Waals surface area contributed by atoms with Crippen LogP contribution in [-0.2, 0) is 23.2 Å². The zero-order valence-corrected chi connectivity index (χ0v) is 20.8. The molecule has 2 saturated carbocycles. The molecule has 8 unspecified atom stereocenters. The molecule has 0 spiro atoms. The molecule has 26 heavy (non-hydrogen) atoms. The Labute approximate surface area is 184 Å². The van der Waals surface area contributed by atoms with Gasteiger partial charge in [0.1, 0.15) is 0 Å². The Morgan fingerprint density at radius 1 is 0.731 bits per heavy atom. The third-order valence-electron chi connectivity index (χ3n) is 8.52. The van der Waals surface area contributed by atoms with Gasteiger partial charge in [0.2, 0.25) is 0 Å². The second kappa shape index (κ2) is 8.17. The van der Waals surface area contributed by atoms with Crippen molar-refractivity contribution in [3.8, 4) is 0 Å². The normalized spacial score (nSPS) is 45.2. The topological polar surface area (TPSA) is 0 Å². The fourth-order valence-electron chi connectivity index (χ4n) is 7.44. The van der Waals surface area contributed by atoms with Crippen LogP contribution in [0.15, 0.2) is 48.6 Å². The first kappa shape index (κ1) is 21.4. The van der Waals surface area contributed by atoms with E-state index in [4.69, 9.17) is 0 Å². The molecule has 1 heterocycles. The summed E-state index contributed by atoms with van der Waals surface area (Å²) in [7, 11) is -1.16. The number of hydrogen-bond acceptors (Lipinski definition) is 0. The smallest absolute Gasteiger partial charge is 1.00 e. The summed E-state index contributed by atoms with van der Waals surface area (Å²) in [6.45, 7) is 5.17. The number of halogens is 2. The van der Waals surface area contributed by atoms with Gasteiger partial charge in [0, 0.05) is 0 Å². The Kier molecular flexibility index (Phi) is 6.71. The van der Waals surface area contributed by atoms with Gasteiger partial charge in [-0.25, -0.2) is 0 Å². The summed E-state index contributed by atoms with van der Waals surface area (Å²) in [5, 5.41) is 0. The summed E-state index contributed by atoms with van der Waals surface area (Å²) < 4.78 is 2.34. The van der Waals surface area contributed by atoms with Gasteiger partial charge in [-0.3, -0.25) is 0 Å². The molecule has 140 valence electrons. The van der Waals surface area contributed by atoms with Gasteiger partial charge in [0.25, 0.3) is 0 Å². The van der Waals surface area contributed by atoms with Gasteiger partial charge in [-0.2, -0.15) is 0 Å². The Hall–Kier alpha value is 0.640. The Morgan fingerprint density at radius 3 is 1.58 bits per heavy atom. The van der Waals surface area contributed by atoms with Crippen molar-refractivity contribution in [3.63, 3.8) is 0 Å². The fraction of sp³-hybridized carbons (Fsp3) is 0.636. The average molecular weight is 485 g/mol. The van der Waals surface area contributed by atoms with Crippen molar-refractivity contribution in [1.82, 2.24) is 0 Å². The van der Waals surface area contributed by atoms with E-state index in [-0.39, 0.29) is 48.0 Å². The van der Waals surface area contributed by atoms with Crippen LogP contribution >= 0.6 is 0 Å². The number of fused-ring (bicyclic) bond motifs is 6. The standard InChI is InChI=1S/C22H30Si.2ClH.Zr/c1-3-23(4-2,21-13-17-9-5-6-10-18(17)14-21)22-15-19-11-7-8-12-20(19)16-22;;;/h5-13,15,17-22H,3-4,14,16H2,1-2H3;2*1H;/q;;;+2/p-2. The van der Waals surface area contributed by atoms with Gasteiger partial charge in [0.15, 0.2) is 0 Å². The molecule has 0 bridgehead atoms. The van der Waals surface area contributed by atoms with E-state index in [0.29, 0.717) is 0 Å². The van der Waals surface area contributed by atoms with Crippen LogP contribution in [-0.4, -0.2) is 8.07 Å². The summed E-state index contributed by atoms with van der Waals surface area (Å²) in [6.07, 6.45) is 23.0. The maximum absolute atomic E-state index is 2.63. The minimum absolute atomic E-state index is 0. The molecule has 0 amide bonds. The first-order chi connectivity index (χ1) is 11.8. The molecule has 0 aromatic heterocycles. The van der Waals surface area contributed by atoms with Crippen LogP contribution in [0.25, 0.3) is 0 Å². The molecule has 5 aliphatic rings. The summed E-state index contributed by atoms with van der Waals surface area (Å²) >= 11 is -0.328. The van der Waals surface area contributed by atoms with Crippen molar-refractivity contribution >= 4 is 8.07 Å². The molecule has 0 aromatic carbocycles. The molecule has 5 rings (SSSR count). The molecule has 8 atom stereocenters. The van der Waals surface area contributed by atoms with Crippen molar-refractivity contribution < 1.29 is 48.0 Å². The van der Waals surface area contributed by atoms with Crippen molar-refractivity contribution in [2.24, 2.45) is 23.7 Å². The van der Waals surface area contributed by atoms with Crippen LogP contribution in [0.5, 0.6) is 0 Å². The van der Waals surface area contributed by atoms with E-state index in [2.05, 4.69) is 62.5 Å². The van der Waals surface area contributed by atoms with Crippen molar-refractivity contribution in [2.45, 2.75) is 57.1 Å². The van der Waals surface area contributed by atoms with Crippen LogP contribution in [0.4, 0.5) is 0 Å². The van der Waals surface area contributed by atoms with Crippen LogP contribution < -0.4 is 24.8 Å². The van der Waals surface area contributed by atoms with E-state index >= 15 is 0 Å². The van der Waals surface area contributed by atoms with Crippen molar-refractivity contribution in [3.05, 3.63) is 48.6 Å². The van der Waals surface area contributed by atoms with Gasteiger partial charge in [-0.05, 0) is 0 Å². The number of allylic oxidation sites excluding steroid dienone is 8. The molecule has 4 aliphatic carbocycles. The second-order valence-electron chi connectivity index (χ2n) is 8.86. The minimum atomic E-state index is -1.16. The van der Waals surface area contributed by atoms with Gasteiger partial charge in [-0.1, -0.05) is 0 Å². The molecule has 0 nitrogen and oxygen atoms in total. The molecular weight excluding hydrogens is 454 g/mol. The predicted molar refractivity (Wildman–Crippen MR) is 101 cm³/mol. The minimum Gasteiger partial charge on any atom is -1.00 e. The SMILES string of the molecule is CC[Si]1(CC)C2CC3C=CC=CC3[CH]2[Zr+2][CH]2C3C=CC=CC3CC21.[Cl-].[Cl-]. The monoisotopic (exact) mass is 482 g/mol. The zero-order valence-electron chi connectivity index (χ0n) is 15.8. The predicted octanol–water partition coefficient (Wildman–Crippen LogP) is 0.421. The summed E-state index contributed by atoms with van der Waals surface area (Å²) in [5.41, 5.74) is 2.35. The van der Waals surface area contributed by atoms with Crippen LogP contribution in [0.3, 0.4) is 0 Å². The maximum Gasteiger partial charge on any atom is -1.00 e. The van der Waals surface area contributed by atoms with Gasteiger partial charge < -0.3 is 24.8 Å². The molecule has 4 heteroatoms. The average Bonchev–Trinajstić information content (AvgIpc) is 3.19. The molecule has 0 aromatic rings. The molecule has 1 aliphatic heterocycles. The largest absolute Gasteiger partial charge is 1.00 e. The first-order valence-corrected chi connectivity index (χ1v) is 15.6. The van der Waals surface area contributed by atoms with Crippen LogP contribution in [0.1, 0.15) is 26.7 Å².